The molecule has 0 saturated heterocycles. The molecule has 0 unspecified atom stereocenters. The van der Waals surface area contributed by atoms with E-state index in [9.17, 15) is 4.79 Å². The van der Waals surface area contributed by atoms with Crippen molar-refractivity contribution in [2.24, 2.45) is 0 Å². The Kier molecular flexibility index (Phi) is 2.48. The maximum Gasteiger partial charge on any atom is 0.195 e. The molecule has 15 heavy (non-hydrogen) atoms. The van der Waals surface area contributed by atoms with Gasteiger partial charge in [-0.05, 0) is 12.1 Å². The van der Waals surface area contributed by atoms with Crippen LogP contribution < -0.4 is 4.74 Å². The molecule has 0 bridgehead atoms. The van der Waals surface area contributed by atoms with Crippen LogP contribution in [-0.4, -0.2) is 22.9 Å². The van der Waals surface area contributed by atoms with Crippen LogP contribution in [0.5, 0.6) is 5.75 Å². The Morgan fingerprint density at radius 1 is 1.53 bits per heavy atom. The Labute approximate surface area is 94.8 Å². The van der Waals surface area contributed by atoms with Crippen molar-refractivity contribution in [3.8, 4) is 5.75 Å². The molecule has 0 aliphatic rings. The van der Waals surface area contributed by atoms with E-state index in [0.717, 1.165) is 9.99 Å². The molecule has 0 amide bonds. The summed E-state index contributed by atoms with van der Waals surface area (Å²) in [5, 5.41) is 0. The number of rotatable bonds is 2. The summed E-state index contributed by atoms with van der Waals surface area (Å²) in [4.78, 5) is 18.3. The number of nitrogens with one attached hydrogen (secondary N) is 1. The number of carbonyl (C=O) groups excluding carboxylic acids is 1. The van der Waals surface area contributed by atoms with E-state index in [1.807, 2.05) is 12.1 Å². The van der Waals surface area contributed by atoms with Crippen LogP contribution in [0.1, 0.15) is 17.5 Å². The first-order valence-electron chi connectivity index (χ1n) is 4.36. The lowest BCUT2D eigenvalue weighted by Crippen LogP contribution is -1.93. The average Bonchev–Trinajstić information content (AvgIpc) is 2.59. The van der Waals surface area contributed by atoms with E-state index in [2.05, 4.69) is 25.9 Å². The van der Waals surface area contributed by atoms with E-state index < -0.39 is 0 Å². The number of imidazole rings is 1. The Morgan fingerprint density at radius 3 is 2.87 bits per heavy atom. The lowest BCUT2D eigenvalue weighted by atomic mass is 10.3. The SMILES string of the molecule is COc1cc(Br)cc2[nH]c(C(C)=O)nc12. The second kappa shape index (κ2) is 3.66. The number of aromatic amines is 1. The van der Waals surface area contributed by atoms with Gasteiger partial charge in [-0.2, -0.15) is 0 Å². The molecule has 2 rings (SSSR count). The molecule has 1 N–H and O–H groups in total. The van der Waals surface area contributed by atoms with Gasteiger partial charge in [-0.15, -0.1) is 0 Å². The summed E-state index contributed by atoms with van der Waals surface area (Å²) < 4.78 is 6.06. The normalized spacial score (nSPS) is 10.6. The van der Waals surface area contributed by atoms with Gasteiger partial charge < -0.3 is 9.72 Å². The molecule has 78 valence electrons. The maximum atomic E-state index is 11.2. The van der Waals surface area contributed by atoms with Gasteiger partial charge in [0.05, 0.1) is 12.6 Å². The number of H-pyrrole nitrogens is 1. The van der Waals surface area contributed by atoms with E-state index in [1.54, 1.807) is 7.11 Å². The fourth-order valence-corrected chi connectivity index (χ4v) is 1.81. The number of benzene rings is 1. The monoisotopic (exact) mass is 268 g/mol. The molecule has 1 aromatic heterocycles. The summed E-state index contributed by atoms with van der Waals surface area (Å²) in [7, 11) is 1.57. The number of hydrogen-bond donors (Lipinski definition) is 1. The zero-order valence-electron chi connectivity index (χ0n) is 8.30. The van der Waals surface area contributed by atoms with Crippen LogP contribution in [-0.2, 0) is 0 Å². The molecule has 0 fully saturated rings. The molecular weight excluding hydrogens is 260 g/mol. The average molecular weight is 269 g/mol. The second-order valence-corrected chi connectivity index (χ2v) is 4.06. The van der Waals surface area contributed by atoms with Crippen molar-refractivity contribution in [2.45, 2.75) is 6.92 Å². The van der Waals surface area contributed by atoms with Crippen LogP contribution >= 0.6 is 15.9 Å². The highest BCUT2D eigenvalue weighted by molar-refractivity contribution is 9.10. The lowest BCUT2D eigenvalue weighted by Gasteiger charge is -2.00. The van der Waals surface area contributed by atoms with Gasteiger partial charge in [0.1, 0.15) is 11.3 Å². The van der Waals surface area contributed by atoms with Gasteiger partial charge in [-0.3, -0.25) is 4.79 Å². The molecule has 4 nitrogen and oxygen atoms in total. The molecule has 1 heterocycles. The van der Waals surface area contributed by atoms with Crippen LogP contribution in [0.4, 0.5) is 0 Å². The molecule has 0 radical (unpaired) electrons. The summed E-state index contributed by atoms with van der Waals surface area (Å²) in [5.41, 5.74) is 1.46. The third-order valence-corrected chi connectivity index (χ3v) is 2.53. The summed E-state index contributed by atoms with van der Waals surface area (Å²) >= 11 is 3.36. The van der Waals surface area contributed by atoms with Gasteiger partial charge in [0.2, 0.25) is 0 Å². The summed E-state index contributed by atoms with van der Waals surface area (Å²) in [6, 6.07) is 3.67. The summed E-state index contributed by atoms with van der Waals surface area (Å²) in [5.74, 6) is 0.897. The van der Waals surface area contributed by atoms with Gasteiger partial charge in [0, 0.05) is 11.4 Å². The highest BCUT2D eigenvalue weighted by atomic mass is 79.9. The van der Waals surface area contributed by atoms with E-state index in [0.29, 0.717) is 17.1 Å². The highest BCUT2D eigenvalue weighted by Crippen LogP contribution is 2.28. The fraction of sp³-hybridized carbons (Fsp3) is 0.200. The zero-order valence-corrected chi connectivity index (χ0v) is 9.88. The van der Waals surface area contributed by atoms with Crippen molar-refractivity contribution >= 4 is 32.7 Å². The first-order valence-corrected chi connectivity index (χ1v) is 5.15. The predicted molar refractivity (Wildman–Crippen MR) is 60.4 cm³/mol. The largest absolute Gasteiger partial charge is 0.494 e. The van der Waals surface area contributed by atoms with Gasteiger partial charge in [-0.1, -0.05) is 15.9 Å². The zero-order chi connectivity index (χ0) is 11.0. The minimum absolute atomic E-state index is 0.0932. The molecule has 0 saturated carbocycles. The van der Waals surface area contributed by atoms with Crippen molar-refractivity contribution in [3.05, 3.63) is 22.4 Å². The minimum Gasteiger partial charge on any atom is -0.494 e. The van der Waals surface area contributed by atoms with Gasteiger partial charge in [-0.25, -0.2) is 4.98 Å². The Hall–Kier alpha value is -1.36. The molecule has 5 heteroatoms. The Balaban J connectivity index is 2.74. The van der Waals surface area contributed by atoms with Gasteiger partial charge in [0.15, 0.2) is 11.6 Å². The number of Topliss-reactive ketones (excluding diaryl/α,β-unsaturated/α-hetero) is 1. The van der Waals surface area contributed by atoms with Crippen LogP contribution in [0.3, 0.4) is 0 Å². The Morgan fingerprint density at radius 2 is 2.27 bits per heavy atom. The highest BCUT2D eigenvalue weighted by Gasteiger charge is 2.11. The standard InChI is InChI=1S/C10H9BrN2O2/c1-5(14)10-12-7-3-6(11)4-8(15-2)9(7)13-10/h3-4H,1-2H3,(H,12,13). The Bertz CT molecular complexity index is 533. The number of methoxy groups -OCH3 is 1. The van der Waals surface area contributed by atoms with E-state index >= 15 is 0 Å². The number of fused-ring (bicyclic) bond motifs is 1. The molecule has 0 aliphatic heterocycles. The molecule has 0 atom stereocenters. The van der Waals surface area contributed by atoms with Crippen molar-refractivity contribution in [3.63, 3.8) is 0 Å². The molecular formula is C10H9BrN2O2. The first-order chi connectivity index (χ1) is 7.11. The maximum absolute atomic E-state index is 11.2. The number of aromatic nitrogens is 2. The van der Waals surface area contributed by atoms with Gasteiger partial charge >= 0.3 is 0 Å². The van der Waals surface area contributed by atoms with Crippen LogP contribution in [0.25, 0.3) is 11.0 Å². The number of ketones is 1. The predicted octanol–water partition coefficient (Wildman–Crippen LogP) is 2.54. The van der Waals surface area contributed by atoms with Crippen LogP contribution in [0.2, 0.25) is 0 Å². The first kappa shape index (κ1) is 10.2. The smallest absolute Gasteiger partial charge is 0.195 e. The molecule has 1 aromatic carbocycles. The topological polar surface area (TPSA) is 55.0 Å². The van der Waals surface area contributed by atoms with Crippen molar-refractivity contribution in [2.75, 3.05) is 7.11 Å². The van der Waals surface area contributed by atoms with E-state index in [4.69, 9.17) is 4.74 Å². The van der Waals surface area contributed by atoms with Crippen molar-refractivity contribution < 1.29 is 9.53 Å². The van der Waals surface area contributed by atoms with Gasteiger partial charge in [0.25, 0.3) is 0 Å². The fourth-order valence-electron chi connectivity index (χ4n) is 1.37. The van der Waals surface area contributed by atoms with E-state index in [1.165, 1.54) is 6.92 Å². The van der Waals surface area contributed by atoms with Crippen molar-refractivity contribution in [1.82, 2.24) is 9.97 Å². The van der Waals surface area contributed by atoms with Crippen LogP contribution in [0, 0.1) is 0 Å². The molecule has 0 aliphatic carbocycles. The molecule has 2 aromatic rings. The third-order valence-electron chi connectivity index (χ3n) is 2.07. The van der Waals surface area contributed by atoms with E-state index in [-0.39, 0.29) is 5.78 Å². The summed E-state index contributed by atoms with van der Waals surface area (Å²) in [6.07, 6.45) is 0. The number of carbonyl (C=O) groups is 1. The number of halogens is 1. The number of hydrogen-bond acceptors (Lipinski definition) is 3. The number of ether oxygens (including phenoxy) is 1. The van der Waals surface area contributed by atoms with Crippen LogP contribution in [0.15, 0.2) is 16.6 Å². The third kappa shape index (κ3) is 1.74. The molecule has 0 spiro atoms. The number of nitrogens with zero attached hydrogens (tertiary/aromatic N) is 1. The second-order valence-electron chi connectivity index (χ2n) is 3.15. The summed E-state index contributed by atoms with van der Waals surface area (Å²) in [6.45, 7) is 1.47. The minimum atomic E-state index is -0.0932. The lowest BCUT2D eigenvalue weighted by molar-refractivity contribution is 0.100. The quantitative estimate of drug-likeness (QED) is 0.852. The van der Waals surface area contributed by atoms with Crippen molar-refractivity contribution in [1.29, 1.82) is 0 Å².